The Kier molecular flexibility index (Phi) is 2.86. The molecular formula is C13H12N2O4S. The predicted octanol–water partition coefficient (Wildman–Crippen LogP) is 1.73. The van der Waals surface area contributed by atoms with Crippen LogP contribution in [0.1, 0.15) is 13.3 Å². The van der Waals surface area contributed by atoms with Gasteiger partial charge in [0.05, 0.1) is 11.9 Å². The third-order valence-electron chi connectivity index (χ3n) is 3.01. The highest BCUT2D eigenvalue weighted by atomic mass is 32.2. The van der Waals surface area contributed by atoms with Crippen molar-refractivity contribution in [3.8, 4) is 0 Å². The molecule has 0 bridgehead atoms. The zero-order valence-corrected chi connectivity index (χ0v) is 11.6. The SMILES string of the molecule is CCCS(=O)(=O)n1cc2c(=O)oc3ccccc3c2n1. The van der Waals surface area contributed by atoms with Gasteiger partial charge in [0.2, 0.25) is 0 Å². The summed E-state index contributed by atoms with van der Waals surface area (Å²) in [6.07, 6.45) is 1.70. The molecule has 0 N–H and O–H groups in total. The maximum absolute atomic E-state index is 12.0. The number of hydrogen-bond acceptors (Lipinski definition) is 5. The Labute approximate surface area is 114 Å². The molecule has 0 saturated heterocycles. The van der Waals surface area contributed by atoms with Crippen LogP contribution >= 0.6 is 0 Å². The summed E-state index contributed by atoms with van der Waals surface area (Å²) in [5, 5.41) is 4.85. The molecule has 0 saturated carbocycles. The van der Waals surface area contributed by atoms with Crippen LogP contribution in [0, 0.1) is 0 Å². The van der Waals surface area contributed by atoms with E-state index >= 15 is 0 Å². The standard InChI is InChI=1S/C13H12N2O4S/c1-2-7-20(17,18)15-8-10-12(14-15)9-5-3-4-6-11(9)19-13(10)16/h3-6,8H,2,7H2,1H3. The Bertz CT molecular complexity index is 953. The maximum atomic E-state index is 12.0. The van der Waals surface area contributed by atoms with Crippen LogP contribution < -0.4 is 5.63 Å². The molecule has 7 heteroatoms. The van der Waals surface area contributed by atoms with Crippen molar-refractivity contribution < 1.29 is 12.8 Å². The number of hydrogen-bond donors (Lipinski definition) is 0. The summed E-state index contributed by atoms with van der Waals surface area (Å²) in [5.74, 6) is -0.0236. The van der Waals surface area contributed by atoms with Gasteiger partial charge in [0.25, 0.3) is 10.0 Å². The molecule has 0 fully saturated rings. The molecule has 0 unspecified atom stereocenters. The Hall–Kier alpha value is -2.15. The molecule has 6 nitrogen and oxygen atoms in total. The van der Waals surface area contributed by atoms with E-state index in [1.807, 2.05) is 0 Å². The van der Waals surface area contributed by atoms with Crippen molar-refractivity contribution in [2.24, 2.45) is 0 Å². The van der Waals surface area contributed by atoms with Crippen LogP contribution in [-0.4, -0.2) is 23.4 Å². The summed E-state index contributed by atoms with van der Waals surface area (Å²) >= 11 is 0. The third kappa shape index (κ3) is 1.90. The smallest absolute Gasteiger partial charge is 0.347 e. The number of fused-ring (bicyclic) bond motifs is 3. The van der Waals surface area contributed by atoms with Gasteiger partial charge >= 0.3 is 5.63 Å². The van der Waals surface area contributed by atoms with Gasteiger partial charge in [0.15, 0.2) is 0 Å². The fourth-order valence-electron chi connectivity index (χ4n) is 2.10. The molecule has 20 heavy (non-hydrogen) atoms. The van der Waals surface area contributed by atoms with E-state index in [2.05, 4.69) is 5.10 Å². The second kappa shape index (κ2) is 4.45. The first kappa shape index (κ1) is 12.9. The summed E-state index contributed by atoms with van der Waals surface area (Å²) < 4.78 is 30.1. The van der Waals surface area contributed by atoms with Crippen LogP contribution in [0.3, 0.4) is 0 Å². The molecule has 0 aliphatic rings. The Balaban J connectivity index is 2.39. The molecule has 0 aliphatic heterocycles. The summed E-state index contributed by atoms with van der Waals surface area (Å²) in [6.45, 7) is 1.77. The third-order valence-corrected chi connectivity index (χ3v) is 4.69. The van der Waals surface area contributed by atoms with Gasteiger partial charge in [0, 0.05) is 5.39 Å². The summed E-state index contributed by atoms with van der Waals surface area (Å²) in [5.41, 5.74) is 0.149. The van der Waals surface area contributed by atoms with Crippen LogP contribution in [0.2, 0.25) is 0 Å². The lowest BCUT2D eigenvalue weighted by Crippen LogP contribution is -2.16. The van der Waals surface area contributed by atoms with Crippen LogP contribution in [0.4, 0.5) is 0 Å². The van der Waals surface area contributed by atoms with Crippen molar-refractivity contribution in [3.05, 3.63) is 40.9 Å². The van der Waals surface area contributed by atoms with Crippen molar-refractivity contribution >= 4 is 31.9 Å². The zero-order chi connectivity index (χ0) is 14.3. The summed E-state index contributed by atoms with van der Waals surface area (Å²) in [7, 11) is -3.53. The molecule has 2 aromatic heterocycles. The number of benzene rings is 1. The van der Waals surface area contributed by atoms with Crippen LogP contribution in [0.15, 0.2) is 39.7 Å². The minimum atomic E-state index is -3.53. The summed E-state index contributed by atoms with van der Waals surface area (Å²) in [4.78, 5) is 11.9. The second-order valence-electron chi connectivity index (χ2n) is 4.47. The number of para-hydroxylation sites is 1. The lowest BCUT2D eigenvalue weighted by atomic mass is 10.2. The van der Waals surface area contributed by atoms with Gasteiger partial charge < -0.3 is 4.42 Å². The maximum Gasteiger partial charge on any atom is 0.347 e. The van der Waals surface area contributed by atoms with Crippen LogP contribution in [0.5, 0.6) is 0 Å². The molecule has 0 amide bonds. The topological polar surface area (TPSA) is 82.2 Å². The first-order chi connectivity index (χ1) is 9.53. The van der Waals surface area contributed by atoms with Crippen molar-refractivity contribution in [1.82, 2.24) is 9.19 Å². The zero-order valence-electron chi connectivity index (χ0n) is 10.7. The fourth-order valence-corrected chi connectivity index (χ4v) is 3.28. The van der Waals surface area contributed by atoms with Gasteiger partial charge in [-0.1, -0.05) is 19.1 Å². The second-order valence-corrected chi connectivity index (χ2v) is 6.41. The molecule has 0 spiro atoms. The van der Waals surface area contributed by atoms with Crippen molar-refractivity contribution in [2.45, 2.75) is 13.3 Å². The minimum Gasteiger partial charge on any atom is -0.422 e. The van der Waals surface area contributed by atoms with Crippen molar-refractivity contribution in [1.29, 1.82) is 0 Å². The van der Waals surface area contributed by atoms with Gasteiger partial charge in [-0.25, -0.2) is 13.2 Å². The molecule has 1 aromatic carbocycles. The number of rotatable bonds is 3. The highest BCUT2D eigenvalue weighted by Crippen LogP contribution is 2.21. The lowest BCUT2D eigenvalue weighted by Gasteiger charge is -2.00. The van der Waals surface area contributed by atoms with Crippen molar-refractivity contribution in [2.75, 3.05) is 5.75 Å². The van der Waals surface area contributed by atoms with Gasteiger partial charge in [-0.15, -0.1) is 0 Å². The fraction of sp³-hybridized carbons (Fsp3) is 0.231. The van der Waals surface area contributed by atoms with Crippen LogP contribution in [-0.2, 0) is 10.0 Å². The Morgan fingerprint density at radius 3 is 2.75 bits per heavy atom. The van der Waals surface area contributed by atoms with Gasteiger partial charge in [-0.2, -0.15) is 9.19 Å². The van der Waals surface area contributed by atoms with E-state index in [-0.39, 0.29) is 11.1 Å². The highest BCUT2D eigenvalue weighted by Gasteiger charge is 2.18. The molecule has 0 radical (unpaired) electrons. The lowest BCUT2D eigenvalue weighted by molar-refractivity contribution is 0.569. The minimum absolute atomic E-state index is 0.0236. The normalized spacial score (nSPS) is 12.2. The monoisotopic (exact) mass is 292 g/mol. The molecule has 0 aliphatic carbocycles. The van der Waals surface area contributed by atoms with Crippen molar-refractivity contribution in [3.63, 3.8) is 0 Å². The summed E-state index contributed by atoms with van der Waals surface area (Å²) in [6, 6.07) is 6.91. The van der Waals surface area contributed by atoms with E-state index in [1.165, 1.54) is 6.20 Å². The first-order valence-electron chi connectivity index (χ1n) is 6.17. The number of aromatic nitrogens is 2. The molecule has 0 atom stereocenters. The largest absolute Gasteiger partial charge is 0.422 e. The van der Waals surface area contributed by atoms with Crippen LogP contribution in [0.25, 0.3) is 21.9 Å². The average Bonchev–Trinajstić information content (AvgIpc) is 2.85. The van der Waals surface area contributed by atoms with Gasteiger partial charge in [-0.3, -0.25) is 0 Å². The molecular weight excluding hydrogens is 280 g/mol. The van der Waals surface area contributed by atoms with E-state index in [1.54, 1.807) is 31.2 Å². The predicted molar refractivity (Wildman–Crippen MR) is 75.3 cm³/mol. The molecule has 104 valence electrons. The average molecular weight is 292 g/mol. The van der Waals surface area contributed by atoms with E-state index in [9.17, 15) is 13.2 Å². The Morgan fingerprint density at radius 2 is 2.00 bits per heavy atom. The molecule has 3 aromatic rings. The first-order valence-corrected chi connectivity index (χ1v) is 7.78. The Morgan fingerprint density at radius 1 is 1.25 bits per heavy atom. The number of nitrogens with zero attached hydrogens (tertiary/aromatic N) is 2. The van der Waals surface area contributed by atoms with E-state index < -0.39 is 15.6 Å². The van der Waals surface area contributed by atoms with Gasteiger partial charge in [-0.05, 0) is 18.6 Å². The van der Waals surface area contributed by atoms with E-state index in [0.29, 0.717) is 22.9 Å². The quantitative estimate of drug-likeness (QED) is 0.687. The van der Waals surface area contributed by atoms with E-state index in [0.717, 1.165) is 4.09 Å². The van der Waals surface area contributed by atoms with Gasteiger partial charge in [0.1, 0.15) is 16.5 Å². The highest BCUT2D eigenvalue weighted by molar-refractivity contribution is 7.89. The molecule has 3 rings (SSSR count). The van der Waals surface area contributed by atoms with E-state index in [4.69, 9.17) is 4.42 Å². The molecule has 2 heterocycles.